The van der Waals surface area contributed by atoms with E-state index >= 15 is 0 Å². The second kappa shape index (κ2) is 11.4. The first-order valence-corrected chi connectivity index (χ1v) is 11.5. The third-order valence-corrected chi connectivity index (χ3v) is 8.93. The van der Waals surface area contributed by atoms with Crippen molar-refractivity contribution in [3.63, 3.8) is 0 Å². The highest BCUT2D eigenvalue weighted by atomic mass is 31.2. The molecule has 3 rings (SSSR count). The lowest BCUT2D eigenvalue weighted by Crippen LogP contribution is -2.32. The predicted octanol–water partition coefficient (Wildman–Crippen LogP) is 2.93. The van der Waals surface area contributed by atoms with Gasteiger partial charge in [0.15, 0.2) is 5.78 Å². The van der Waals surface area contributed by atoms with Gasteiger partial charge in [-0.3, -0.25) is 14.4 Å². The van der Waals surface area contributed by atoms with Gasteiger partial charge in [0, 0.05) is 6.92 Å². The summed E-state index contributed by atoms with van der Waals surface area (Å²) in [4.78, 5) is 32.1. The van der Waals surface area contributed by atoms with Crippen molar-refractivity contribution in [1.29, 1.82) is 10.5 Å². The number of ketones is 3. The van der Waals surface area contributed by atoms with Gasteiger partial charge in [-0.25, -0.2) is 0 Å². The Bertz CT molecular complexity index is 1150. The SMILES string of the molecule is CC(=O)C(=O)C#N.CC(=O)C(C#N)=P(c1ccccc1)(c1ccccc1)c1ccccc1. The molecule has 0 heterocycles. The van der Waals surface area contributed by atoms with E-state index in [0.717, 1.165) is 22.8 Å². The lowest BCUT2D eigenvalue weighted by atomic mass is 10.3. The zero-order valence-electron chi connectivity index (χ0n) is 17.7. The van der Waals surface area contributed by atoms with Crippen molar-refractivity contribution >= 4 is 45.4 Å². The van der Waals surface area contributed by atoms with Crippen molar-refractivity contribution in [2.75, 3.05) is 0 Å². The molecule has 32 heavy (non-hydrogen) atoms. The maximum Gasteiger partial charge on any atom is 0.297 e. The minimum atomic E-state index is -2.51. The third kappa shape index (κ3) is 5.16. The average molecular weight is 440 g/mol. The first-order valence-electron chi connectivity index (χ1n) is 9.69. The highest BCUT2D eigenvalue weighted by Gasteiger charge is 2.31. The molecule has 0 fully saturated rings. The van der Waals surface area contributed by atoms with Crippen LogP contribution in [-0.2, 0) is 14.4 Å². The van der Waals surface area contributed by atoms with Crippen LogP contribution in [0, 0.1) is 22.7 Å². The van der Waals surface area contributed by atoms with Gasteiger partial charge >= 0.3 is 0 Å². The molecule has 0 spiro atoms. The molecule has 5 nitrogen and oxygen atoms in total. The molecule has 0 saturated carbocycles. The van der Waals surface area contributed by atoms with Crippen molar-refractivity contribution in [1.82, 2.24) is 0 Å². The van der Waals surface area contributed by atoms with Gasteiger partial charge in [-0.2, -0.15) is 10.5 Å². The molecular weight excluding hydrogens is 419 g/mol. The summed E-state index contributed by atoms with van der Waals surface area (Å²) in [5, 5.41) is 21.0. The number of Topliss-reactive ketones (excluding diaryl/α,β-unsaturated/α-hetero) is 3. The highest BCUT2D eigenvalue weighted by Crippen LogP contribution is 2.46. The van der Waals surface area contributed by atoms with Crippen LogP contribution in [-0.4, -0.2) is 22.6 Å². The van der Waals surface area contributed by atoms with E-state index in [1.165, 1.54) is 13.0 Å². The Morgan fingerprint density at radius 1 is 0.594 bits per heavy atom. The van der Waals surface area contributed by atoms with E-state index in [1.54, 1.807) is 0 Å². The minimum Gasteiger partial charge on any atom is -0.294 e. The van der Waals surface area contributed by atoms with Gasteiger partial charge in [0.2, 0.25) is 5.78 Å². The van der Waals surface area contributed by atoms with Crippen LogP contribution >= 0.6 is 6.89 Å². The molecule has 0 saturated heterocycles. The fourth-order valence-corrected chi connectivity index (χ4v) is 7.41. The summed E-state index contributed by atoms with van der Waals surface area (Å²) in [7, 11) is 0. The van der Waals surface area contributed by atoms with Crippen LogP contribution in [0.2, 0.25) is 0 Å². The molecule has 0 atom stereocenters. The zero-order chi connectivity index (χ0) is 23.6. The van der Waals surface area contributed by atoms with E-state index in [9.17, 15) is 19.6 Å². The Kier molecular flexibility index (Phi) is 8.61. The van der Waals surface area contributed by atoms with E-state index in [1.807, 2.05) is 91.0 Å². The van der Waals surface area contributed by atoms with Gasteiger partial charge < -0.3 is 0 Å². The maximum atomic E-state index is 12.5. The molecule has 0 unspecified atom stereocenters. The fraction of sp³-hybridized carbons (Fsp3) is 0.0769. The standard InChI is InChI=1S/C22H18NOP.C4H3NO2/c1-18(24)22(17-23)25(19-11-5-2-6-12-19,20-13-7-3-8-14-20)21-15-9-4-10-16-21;1-3(6)4(7)2-5/h2-16H,1H3;1H3. The van der Waals surface area contributed by atoms with Gasteiger partial charge in [0.1, 0.15) is 17.4 Å². The lowest BCUT2D eigenvalue weighted by molar-refractivity contribution is -0.132. The van der Waals surface area contributed by atoms with Crippen molar-refractivity contribution in [3.8, 4) is 12.1 Å². The van der Waals surface area contributed by atoms with E-state index in [2.05, 4.69) is 6.07 Å². The lowest BCUT2D eigenvalue weighted by Gasteiger charge is -2.29. The first-order chi connectivity index (χ1) is 15.4. The van der Waals surface area contributed by atoms with Crippen molar-refractivity contribution < 1.29 is 14.4 Å². The van der Waals surface area contributed by atoms with Crippen molar-refractivity contribution in [2.24, 2.45) is 0 Å². The van der Waals surface area contributed by atoms with E-state index in [-0.39, 0.29) is 5.78 Å². The molecule has 3 aromatic rings. The number of hydrogen-bond acceptors (Lipinski definition) is 5. The van der Waals surface area contributed by atoms with E-state index in [4.69, 9.17) is 5.26 Å². The summed E-state index contributed by atoms with van der Waals surface area (Å²) in [5.74, 6) is -1.87. The molecule has 0 aliphatic heterocycles. The Balaban J connectivity index is 0.000000451. The van der Waals surface area contributed by atoms with Crippen LogP contribution in [0.1, 0.15) is 13.8 Å². The Hall–Kier alpha value is -4.05. The molecule has 0 radical (unpaired) electrons. The zero-order valence-corrected chi connectivity index (χ0v) is 18.6. The highest BCUT2D eigenvalue weighted by molar-refractivity contribution is 7.96. The molecule has 0 bridgehead atoms. The molecular formula is C26H21N2O3P. The van der Waals surface area contributed by atoms with Crippen LogP contribution < -0.4 is 15.9 Å². The predicted molar refractivity (Wildman–Crippen MR) is 128 cm³/mol. The quantitative estimate of drug-likeness (QED) is 0.345. The second-order valence-electron chi connectivity index (χ2n) is 6.69. The topological polar surface area (TPSA) is 98.8 Å². The second-order valence-corrected chi connectivity index (χ2v) is 10.0. The van der Waals surface area contributed by atoms with Gasteiger partial charge in [0.05, 0.1) is 0 Å². The van der Waals surface area contributed by atoms with Crippen LogP contribution in [0.25, 0.3) is 0 Å². The largest absolute Gasteiger partial charge is 0.297 e. The Morgan fingerprint density at radius 2 is 0.938 bits per heavy atom. The molecule has 6 heteroatoms. The number of nitrogens with zero attached hydrogens (tertiary/aromatic N) is 2. The Labute approximate surface area is 187 Å². The Morgan fingerprint density at radius 3 is 1.12 bits per heavy atom. The van der Waals surface area contributed by atoms with E-state index in [0.29, 0.717) is 5.29 Å². The van der Waals surface area contributed by atoms with Crippen LogP contribution in [0.3, 0.4) is 0 Å². The normalized spacial score (nSPS) is 9.88. The van der Waals surface area contributed by atoms with Crippen LogP contribution in [0.15, 0.2) is 91.0 Å². The molecule has 0 aliphatic rings. The van der Waals surface area contributed by atoms with E-state index < -0.39 is 18.5 Å². The molecule has 0 amide bonds. The molecule has 0 aromatic heterocycles. The summed E-state index contributed by atoms with van der Waals surface area (Å²) in [6.45, 7) is 0.0358. The van der Waals surface area contributed by atoms with Gasteiger partial charge in [0.25, 0.3) is 5.78 Å². The third-order valence-electron chi connectivity index (χ3n) is 4.63. The van der Waals surface area contributed by atoms with Crippen LogP contribution in [0.4, 0.5) is 0 Å². The van der Waals surface area contributed by atoms with Gasteiger partial charge in [-0.15, -0.1) is 0 Å². The summed E-state index contributed by atoms with van der Waals surface area (Å²) < 4.78 is 0. The van der Waals surface area contributed by atoms with Crippen molar-refractivity contribution in [3.05, 3.63) is 91.0 Å². The number of carbonyl (C=O) groups excluding carboxylic acids is 3. The number of nitriles is 2. The molecule has 0 aliphatic carbocycles. The molecule has 0 N–H and O–H groups in total. The average Bonchev–Trinajstić information content (AvgIpc) is 2.83. The summed E-state index contributed by atoms with van der Waals surface area (Å²) >= 11 is 0. The summed E-state index contributed by atoms with van der Waals surface area (Å²) in [5.41, 5.74) is 0. The van der Waals surface area contributed by atoms with Gasteiger partial charge in [-0.05, 0) is 29.7 Å². The fourth-order valence-electron chi connectivity index (χ4n) is 3.26. The molecule has 158 valence electrons. The van der Waals surface area contributed by atoms with Crippen LogP contribution in [0.5, 0.6) is 0 Å². The number of benzene rings is 3. The number of carbonyl (C=O) groups is 3. The smallest absolute Gasteiger partial charge is 0.294 e. The summed E-state index contributed by atoms with van der Waals surface area (Å²) in [6, 6.07) is 33.2. The number of rotatable bonds is 5. The number of hydrogen-bond donors (Lipinski definition) is 0. The monoisotopic (exact) mass is 440 g/mol. The maximum absolute atomic E-state index is 12.5. The summed E-state index contributed by atoms with van der Waals surface area (Å²) in [6.07, 6.45) is 0. The molecule has 3 aromatic carbocycles. The van der Waals surface area contributed by atoms with Gasteiger partial charge in [-0.1, -0.05) is 91.0 Å². The first kappa shape index (κ1) is 24.2. The minimum absolute atomic E-state index is 0.174. The van der Waals surface area contributed by atoms with Crippen molar-refractivity contribution in [2.45, 2.75) is 13.8 Å².